The van der Waals surface area contributed by atoms with Gasteiger partial charge in [0, 0.05) is 53.3 Å². The minimum absolute atomic E-state index is 0.00293. The summed E-state index contributed by atoms with van der Waals surface area (Å²) < 4.78 is 40.9. The van der Waals surface area contributed by atoms with Crippen molar-refractivity contribution < 1.29 is 17.9 Å². The van der Waals surface area contributed by atoms with Gasteiger partial charge in [0.05, 0.1) is 18.3 Å². The zero-order valence-corrected chi connectivity index (χ0v) is 15.8. The van der Waals surface area contributed by atoms with Crippen molar-refractivity contribution in [2.45, 2.75) is 31.8 Å². The van der Waals surface area contributed by atoms with Crippen LogP contribution in [0.25, 0.3) is 0 Å². The van der Waals surface area contributed by atoms with Crippen LogP contribution < -0.4 is 0 Å². The summed E-state index contributed by atoms with van der Waals surface area (Å²) in [6.07, 6.45) is 4.59. The van der Waals surface area contributed by atoms with Gasteiger partial charge in [0.15, 0.2) is 0 Å². The van der Waals surface area contributed by atoms with Crippen LogP contribution in [0.5, 0.6) is 0 Å². The molecular formula is C16H28N4O4S. The third-order valence-electron chi connectivity index (χ3n) is 4.93. The standard InChI is InChI=1S/C16H28N4O4S/c1-18(2)25(21,22)19-11-15-3-7-17-20(15)16(12-19)6-10-24-13-14-4-8-23-9-5-14/h3,7,14,16H,4-6,8-13H2,1-2H3/t16-/m1/s1. The van der Waals surface area contributed by atoms with E-state index in [2.05, 4.69) is 5.10 Å². The smallest absolute Gasteiger partial charge is 0.281 e. The molecule has 0 amide bonds. The predicted molar refractivity (Wildman–Crippen MR) is 93.3 cm³/mol. The van der Waals surface area contributed by atoms with Crippen LogP contribution in [0.4, 0.5) is 0 Å². The summed E-state index contributed by atoms with van der Waals surface area (Å²) >= 11 is 0. The molecular weight excluding hydrogens is 344 g/mol. The van der Waals surface area contributed by atoms with Crippen LogP contribution in [0.1, 0.15) is 31.0 Å². The van der Waals surface area contributed by atoms with Gasteiger partial charge in [0.1, 0.15) is 0 Å². The summed E-state index contributed by atoms with van der Waals surface area (Å²) in [5.41, 5.74) is 0.922. The monoisotopic (exact) mass is 372 g/mol. The first-order chi connectivity index (χ1) is 12.0. The molecule has 0 aliphatic carbocycles. The minimum atomic E-state index is -3.43. The summed E-state index contributed by atoms with van der Waals surface area (Å²) in [4.78, 5) is 0. The first-order valence-corrected chi connectivity index (χ1v) is 10.2. The zero-order chi connectivity index (χ0) is 17.9. The van der Waals surface area contributed by atoms with Crippen LogP contribution in [0.2, 0.25) is 0 Å². The highest BCUT2D eigenvalue weighted by atomic mass is 32.2. The molecule has 1 fully saturated rings. The van der Waals surface area contributed by atoms with Crippen molar-refractivity contribution in [2.75, 3.05) is 47.1 Å². The molecule has 8 nitrogen and oxygen atoms in total. The fraction of sp³-hybridized carbons (Fsp3) is 0.812. The minimum Gasteiger partial charge on any atom is -0.381 e. The summed E-state index contributed by atoms with van der Waals surface area (Å²) in [5.74, 6) is 0.575. The number of rotatable bonds is 7. The fourth-order valence-corrected chi connectivity index (χ4v) is 4.47. The Hall–Kier alpha value is -1.00. The Morgan fingerprint density at radius 1 is 1.36 bits per heavy atom. The summed E-state index contributed by atoms with van der Waals surface area (Å²) in [5, 5.41) is 4.38. The van der Waals surface area contributed by atoms with Crippen LogP contribution in [0, 0.1) is 5.92 Å². The summed E-state index contributed by atoms with van der Waals surface area (Å²) in [7, 11) is -0.305. The third-order valence-corrected chi connectivity index (χ3v) is 6.78. The maximum Gasteiger partial charge on any atom is 0.281 e. The van der Waals surface area contributed by atoms with Gasteiger partial charge in [-0.1, -0.05) is 0 Å². The summed E-state index contributed by atoms with van der Waals surface area (Å²) in [6, 6.07) is 1.89. The Kier molecular flexibility index (Phi) is 6.11. The molecule has 1 atom stereocenters. The van der Waals surface area contributed by atoms with E-state index < -0.39 is 10.2 Å². The molecule has 9 heteroatoms. The van der Waals surface area contributed by atoms with Gasteiger partial charge in [0.2, 0.25) is 0 Å². The molecule has 0 unspecified atom stereocenters. The Morgan fingerprint density at radius 3 is 2.84 bits per heavy atom. The molecule has 1 aromatic heterocycles. The molecule has 3 heterocycles. The van der Waals surface area contributed by atoms with Gasteiger partial charge in [0.25, 0.3) is 10.2 Å². The van der Waals surface area contributed by atoms with Crippen molar-refractivity contribution in [1.82, 2.24) is 18.4 Å². The van der Waals surface area contributed by atoms with E-state index in [1.165, 1.54) is 8.61 Å². The number of hydrogen-bond donors (Lipinski definition) is 0. The second kappa shape index (κ2) is 8.13. The quantitative estimate of drug-likeness (QED) is 0.664. The van der Waals surface area contributed by atoms with Crippen molar-refractivity contribution in [1.29, 1.82) is 0 Å². The Balaban J connectivity index is 1.56. The molecule has 2 aliphatic heterocycles. The van der Waals surface area contributed by atoms with Crippen molar-refractivity contribution in [2.24, 2.45) is 5.92 Å². The van der Waals surface area contributed by atoms with Gasteiger partial charge in [-0.2, -0.15) is 22.1 Å². The second-order valence-corrected chi connectivity index (χ2v) is 9.07. The Morgan fingerprint density at radius 2 is 2.12 bits per heavy atom. The van der Waals surface area contributed by atoms with Crippen LogP contribution in [0.15, 0.2) is 12.3 Å². The molecule has 0 saturated carbocycles. The molecule has 1 saturated heterocycles. The molecule has 1 aromatic rings. The number of hydrogen-bond acceptors (Lipinski definition) is 5. The topological polar surface area (TPSA) is 76.9 Å². The lowest BCUT2D eigenvalue weighted by atomic mass is 10.0. The maximum atomic E-state index is 12.5. The number of ether oxygens (including phenoxy) is 2. The molecule has 0 N–H and O–H groups in total. The van der Waals surface area contributed by atoms with E-state index in [0.717, 1.165) is 44.8 Å². The largest absolute Gasteiger partial charge is 0.381 e. The zero-order valence-electron chi connectivity index (χ0n) is 15.0. The van der Waals surface area contributed by atoms with Crippen LogP contribution in [-0.2, 0) is 26.2 Å². The van der Waals surface area contributed by atoms with E-state index in [1.807, 2.05) is 10.7 Å². The van der Waals surface area contributed by atoms with Crippen molar-refractivity contribution in [3.63, 3.8) is 0 Å². The highest BCUT2D eigenvalue weighted by molar-refractivity contribution is 7.86. The van der Waals surface area contributed by atoms with Crippen LogP contribution >= 0.6 is 0 Å². The molecule has 3 rings (SSSR count). The van der Waals surface area contributed by atoms with Gasteiger partial charge in [-0.3, -0.25) is 4.68 Å². The molecule has 0 bridgehead atoms. The van der Waals surface area contributed by atoms with Crippen molar-refractivity contribution in [3.8, 4) is 0 Å². The van der Waals surface area contributed by atoms with Gasteiger partial charge in [-0.15, -0.1) is 0 Å². The Labute approximate surface area is 149 Å². The third kappa shape index (κ3) is 4.40. The van der Waals surface area contributed by atoms with Crippen LogP contribution in [-0.4, -0.2) is 73.9 Å². The lowest BCUT2D eigenvalue weighted by Gasteiger charge is -2.34. The molecule has 0 aromatic carbocycles. The molecule has 0 radical (unpaired) electrons. The molecule has 142 valence electrons. The number of nitrogens with zero attached hydrogens (tertiary/aromatic N) is 4. The van der Waals surface area contributed by atoms with Gasteiger partial charge < -0.3 is 9.47 Å². The van der Waals surface area contributed by atoms with Crippen molar-refractivity contribution in [3.05, 3.63) is 18.0 Å². The lowest BCUT2D eigenvalue weighted by molar-refractivity contribution is 0.0167. The summed E-state index contributed by atoms with van der Waals surface area (Å²) in [6.45, 7) is 3.80. The lowest BCUT2D eigenvalue weighted by Crippen LogP contribution is -2.46. The van der Waals surface area contributed by atoms with E-state index in [4.69, 9.17) is 9.47 Å². The SMILES string of the molecule is CN(C)S(=O)(=O)N1Cc2ccnn2[C@H](CCOCC2CCOCC2)C1. The average Bonchev–Trinajstić information content (AvgIpc) is 3.08. The van der Waals surface area contributed by atoms with E-state index in [1.54, 1.807) is 20.3 Å². The normalized spacial score (nSPS) is 23.1. The van der Waals surface area contributed by atoms with E-state index in [0.29, 0.717) is 25.6 Å². The first-order valence-electron chi connectivity index (χ1n) is 8.84. The highest BCUT2D eigenvalue weighted by Crippen LogP contribution is 2.26. The number of aromatic nitrogens is 2. The van der Waals surface area contributed by atoms with Crippen LogP contribution in [0.3, 0.4) is 0 Å². The van der Waals surface area contributed by atoms with E-state index in [-0.39, 0.29) is 6.04 Å². The molecule has 0 spiro atoms. The maximum absolute atomic E-state index is 12.5. The van der Waals surface area contributed by atoms with Gasteiger partial charge >= 0.3 is 0 Å². The highest BCUT2D eigenvalue weighted by Gasteiger charge is 2.33. The predicted octanol–water partition coefficient (Wildman–Crippen LogP) is 0.880. The second-order valence-electron chi connectivity index (χ2n) is 6.92. The average molecular weight is 372 g/mol. The van der Waals surface area contributed by atoms with Crippen molar-refractivity contribution >= 4 is 10.2 Å². The fourth-order valence-electron chi connectivity index (χ4n) is 3.36. The number of fused-ring (bicyclic) bond motifs is 1. The van der Waals surface area contributed by atoms with Gasteiger partial charge in [-0.05, 0) is 31.2 Å². The molecule has 2 aliphatic rings. The molecule has 25 heavy (non-hydrogen) atoms. The Bertz CT molecular complexity index is 655. The van der Waals surface area contributed by atoms with Gasteiger partial charge in [-0.25, -0.2) is 0 Å². The van der Waals surface area contributed by atoms with E-state index >= 15 is 0 Å². The van der Waals surface area contributed by atoms with E-state index in [9.17, 15) is 8.42 Å². The first kappa shape index (κ1) is 18.8.